The van der Waals surface area contributed by atoms with Gasteiger partial charge in [0.1, 0.15) is 0 Å². The number of carbonyl (C=O) groups excluding carboxylic acids is 1. The quantitative estimate of drug-likeness (QED) is 0.747. The zero-order valence-electron chi connectivity index (χ0n) is 16.3. The highest BCUT2D eigenvalue weighted by molar-refractivity contribution is 5.94. The van der Waals surface area contributed by atoms with Crippen molar-refractivity contribution in [2.45, 2.75) is 39.3 Å². The van der Waals surface area contributed by atoms with Crippen molar-refractivity contribution in [3.8, 4) is 11.4 Å². The molecule has 0 unspecified atom stereocenters. The summed E-state index contributed by atoms with van der Waals surface area (Å²) in [6, 6.07) is 16.0. The molecule has 1 N–H and O–H groups in total. The molecule has 2 heterocycles. The van der Waals surface area contributed by atoms with Crippen molar-refractivity contribution < 1.29 is 4.79 Å². The summed E-state index contributed by atoms with van der Waals surface area (Å²) in [5, 5.41) is 15.1. The van der Waals surface area contributed by atoms with Crippen LogP contribution in [0.3, 0.4) is 0 Å². The SMILES string of the molecule is CC(C)n1nnnc1-c1ccccc1NC(=O)N1CCc2ccccc2[C@H]1C. The van der Waals surface area contributed by atoms with Crippen molar-refractivity contribution in [1.82, 2.24) is 25.1 Å². The topological polar surface area (TPSA) is 75.9 Å². The van der Waals surface area contributed by atoms with Crippen molar-refractivity contribution in [2.75, 3.05) is 11.9 Å². The number of carbonyl (C=O) groups is 1. The molecule has 0 radical (unpaired) electrons. The Morgan fingerprint density at radius 1 is 1.14 bits per heavy atom. The molecule has 1 aliphatic rings. The van der Waals surface area contributed by atoms with Gasteiger partial charge >= 0.3 is 6.03 Å². The first-order chi connectivity index (χ1) is 13.6. The fraction of sp³-hybridized carbons (Fsp3) is 0.333. The van der Waals surface area contributed by atoms with E-state index in [9.17, 15) is 4.79 Å². The predicted molar refractivity (Wildman–Crippen MR) is 108 cm³/mol. The lowest BCUT2D eigenvalue weighted by Gasteiger charge is -2.35. The monoisotopic (exact) mass is 376 g/mol. The summed E-state index contributed by atoms with van der Waals surface area (Å²) in [6.07, 6.45) is 0.862. The van der Waals surface area contributed by atoms with Gasteiger partial charge in [0.25, 0.3) is 0 Å². The van der Waals surface area contributed by atoms with Crippen molar-refractivity contribution in [1.29, 1.82) is 0 Å². The minimum Gasteiger partial charge on any atom is -0.317 e. The van der Waals surface area contributed by atoms with Crippen molar-refractivity contribution >= 4 is 11.7 Å². The number of hydrogen-bond acceptors (Lipinski definition) is 4. The molecule has 2 aromatic carbocycles. The van der Waals surface area contributed by atoms with Crippen LogP contribution in [0, 0.1) is 0 Å². The van der Waals surface area contributed by atoms with Gasteiger partial charge in [0.15, 0.2) is 5.82 Å². The molecule has 7 nitrogen and oxygen atoms in total. The summed E-state index contributed by atoms with van der Waals surface area (Å²) in [6.45, 7) is 6.81. The second-order valence-corrected chi connectivity index (χ2v) is 7.33. The van der Waals surface area contributed by atoms with Gasteiger partial charge in [-0.15, -0.1) is 5.10 Å². The first kappa shape index (κ1) is 18.2. The van der Waals surface area contributed by atoms with E-state index in [1.807, 2.05) is 49.1 Å². The van der Waals surface area contributed by atoms with Gasteiger partial charge < -0.3 is 10.2 Å². The maximum atomic E-state index is 13.1. The first-order valence-electron chi connectivity index (χ1n) is 9.59. The molecule has 0 saturated carbocycles. The van der Waals surface area contributed by atoms with E-state index in [2.05, 4.69) is 46.0 Å². The van der Waals surface area contributed by atoms with E-state index in [1.54, 1.807) is 4.68 Å². The molecular weight excluding hydrogens is 352 g/mol. The second-order valence-electron chi connectivity index (χ2n) is 7.33. The maximum absolute atomic E-state index is 13.1. The molecule has 1 aliphatic heterocycles. The van der Waals surface area contributed by atoms with E-state index < -0.39 is 0 Å². The number of urea groups is 1. The zero-order chi connectivity index (χ0) is 19.7. The van der Waals surface area contributed by atoms with E-state index in [-0.39, 0.29) is 18.1 Å². The molecule has 7 heteroatoms. The van der Waals surface area contributed by atoms with Gasteiger partial charge in [0.2, 0.25) is 0 Å². The molecule has 0 fully saturated rings. The van der Waals surface area contributed by atoms with Crippen LogP contribution in [0.4, 0.5) is 10.5 Å². The van der Waals surface area contributed by atoms with Crippen LogP contribution in [-0.4, -0.2) is 37.7 Å². The third kappa shape index (κ3) is 3.24. The number of rotatable bonds is 3. The van der Waals surface area contributed by atoms with Crippen LogP contribution in [0.1, 0.15) is 44.0 Å². The number of aromatic nitrogens is 4. The molecule has 144 valence electrons. The molecule has 1 aromatic heterocycles. The average Bonchev–Trinajstić information content (AvgIpc) is 3.19. The Kier molecular flexibility index (Phi) is 4.81. The predicted octanol–water partition coefficient (Wildman–Crippen LogP) is 4.07. The van der Waals surface area contributed by atoms with Crippen LogP contribution in [0.25, 0.3) is 11.4 Å². The summed E-state index contributed by atoms with van der Waals surface area (Å²) >= 11 is 0. The molecule has 0 aliphatic carbocycles. The smallest absolute Gasteiger partial charge is 0.317 e. The molecule has 3 aromatic rings. The van der Waals surface area contributed by atoms with Crippen LogP contribution in [-0.2, 0) is 6.42 Å². The van der Waals surface area contributed by atoms with Gasteiger partial charge in [-0.1, -0.05) is 36.4 Å². The highest BCUT2D eigenvalue weighted by atomic mass is 16.2. The van der Waals surface area contributed by atoms with Crippen molar-refractivity contribution in [3.05, 3.63) is 59.7 Å². The Labute approximate surface area is 164 Å². The number of fused-ring (bicyclic) bond motifs is 1. The third-order valence-electron chi connectivity index (χ3n) is 5.25. The number of anilines is 1. The maximum Gasteiger partial charge on any atom is 0.322 e. The number of hydrogen-bond donors (Lipinski definition) is 1. The number of nitrogens with one attached hydrogen (secondary N) is 1. The van der Waals surface area contributed by atoms with Gasteiger partial charge in [-0.05, 0) is 60.9 Å². The van der Waals surface area contributed by atoms with E-state index in [0.717, 1.165) is 12.0 Å². The van der Waals surface area contributed by atoms with Gasteiger partial charge in [-0.2, -0.15) is 0 Å². The van der Waals surface area contributed by atoms with Gasteiger partial charge in [0.05, 0.1) is 17.8 Å². The lowest BCUT2D eigenvalue weighted by atomic mass is 9.94. The van der Waals surface area contributed by atoms with Crippen molar-refractivity contribution in [2.24, 2.45) is 0 Å². The Hall–Kier alpha value is -3.22. The Morgan fingerprint density at radius 3 is 2.71 bits per heavy atom. The number of amides is 2. The second kappa shape index (κ2) is 7.42. The molecule has 4 rings (SSSR count). The fourth-order valence-corrected chi connectivity index (χ4v) is 3.74. The Morgan fingerprint density at radius 2 is 1.89 bits per heavy atom. The summed E-state index contributed by atoms with van der Waals surface area (Å²) in [7, 11) is 0. The van der Waals surface area contributed by atoms with Crippen LogP contribution >= 0.6 is 0 Å². The van der Waals surface area contributed by atoms with E-state index in [1.165, 1.54) is 11.1 Å². The first-order valence-corrected chi connectivity index (χ1v) is 9.59. The number of benzene rings is 2. The van der Waals surface area contributed by atoms with Crippen LogP contribution in [0.2, 0.25) is 0 Å². The number of para-hydroxylation sites is 1. The lowest BCUT2D eigenvalue weighted by molar-refractivity contribution is 0.188. The molecule has 1 atom stereocenters. The average molecular weight is 376 g/mol. The van der Waals surface area contributed by atoms with Gasteiger partial charge in [-0.3, -0.25) is 0 Å². The summed E-state index contributed by atoms with van der Waals surface area (Å²) in [5.74, 6) is 0.642. The van der Waals surface area contributed by atoms with E-state index in [0.29, 0.717) is 18.1 Å². The normalized spacial score (nSPS) is 16.1. The Balaban J connectivity index is 1.61. The zero-order valence-corrected chi connectivity index (χ0v) is 16.3. The highest BCUT2D eigenvalue weighted by Gasteiger charge is 2.28. The van der Waals surface area contributed by atoms with Crippen LogP contribution in [0.5, 0.6) is 0 Å². The summed E-state index contributed by atoms with van der Waals surface area (Å²) in [4.78, 5) is 15.0. The minimum atomic E-state index is -0.113. The standard InChI is InChI=1S/C21H24N6O/c1-14(2)27-20(23-24-25-27)18-10-6-7-11-19(18)22-21(28)26-13-12-16-8-4-5-9-17(16)15(26)3/h4-11,14-15H,12-13H2,1-3H3,(H,22,28)/t15-/m1/s1. The van der Waals surface area contributed by atoms with E-state index >= 15 is 0 Å². The highest BCUT2D eigenvalue weighted by Crippen LogP contribution is 2.31. The molecule has 2 amide bonds. The van der Waals surface area contributed by atoms with Gasteiger partial charge in [-0.25, -0.2) is 9.48 Å². The van der Waals surface area contributed by atoms with Crippen molar-refractivity contribution in [3.63, 3.8) is 0 Å². The minimum absolute atomic E-state index is 0.0260. The fourth-order valence-electron chi connectivity index (χ4n) is 3.74. The lowest BCUT2D eigenvalue weighted by Crippen LogP contribution is -2.41. The van der Waals surface area contributed by atoms with Crippen LogP contribution in [0.15, 0.2) is 48.5 Å². The number of nitrogens with zero attached hydrogens (tertiary/aromatic N) is 5. The van der Waals surface area contributed by atoms with Crippen LogP contribution < -0.4 is 5.32 Å². The Bertz CT molecular complexity index is 996. The largest absolute Gasteiger partial charge is 0.322 e. The van der Waals surface area contributed by atoms with Gasteiger partial charge in [0, 0.05) is 12.1 Å². The third-order valence-corrected chi connectivity index (χ3v) is 5.25. The summed E-state index contributed by atoms with van der Waals surface area (Å²) < 4.78 is 1.75. The number of tetrazole rings is 1. The molecule has 0 saturated heterocycles. The molecule has 0 bridgehead atoms. The molecular formula is C21H24N6O. The molecule has 28 heavy (non-hydrogen) atoms. The van der Waals surface area contributed by atoms with E-state index in [4.69, 9.17) is 0 Å². The molecule has 0 spiro atoms. The summed E-state index contributed by atoms with van der Waals surface area (Å²) in [5.41, 5.74) is 4.03.